The first-order valence-corrected chi connectivity index (χ1v) is 7.24. The first-order valence-electron chi connectivity index (χ1n) is 6.44. The average molecular weight is 333 g/mol. The molecular formula is C16H17BrN2O. The predicted octanol–water partition coefficient (Wildman–Crippen LogP) is 3.45. The number of hydrogen-bond donors (Lipinski definition) is 2. The molecule has 0 heterocycles. The van der Waals surface area contributed by atoms with E-state index in [1.165, 1.54) is 0 Å². The number of nitrogens with one attached hydrogen (secondary N) is 1. The standard InChI is InChI=1S/C16H17BrN2O/c1-11(14-7-2-3-8-15(14)17)19-16(20)10-12-5-4-6-13(18)9-12/h2-9,11H,10,18H2,1H3,(H,19,20)/t11-/m1/s1. The van der Waals surface area contributed by atoms with Crippen molar-refractivity contribution >= 4 is 27.5 Å². The summed E-state index contributed by atoms with van der Waals surface area (Å²) in [4.78, 5) is 12.1. The topological polar surface area (TPSA) is 55.1 Å². The summed E-state index contributed by atoms with van der Waals surface area (Å²) in [6, 6.07) is 15.2. The van der Waals surface area contributed by atoms with Crippen molar-refractivity contribution in [3.63, 3.8) is 0 Å². The Labute approximate surface area is 127 Å². The Balaban J connectivity index is 2.00. The van der Waals surface area contributed by atoms with Crippen LogP contribution in [0.2, 0.25) is 0 Å². The van der Waals surface area contributed by atoms with E-state index in [0.717, 1.165) is 15.6 Å². The third-order valence-electron chi connectivity index (χ3n) is 3.06. The first-order chi connectivity index (χ1) is 9.56. The largest absolute Gasteiger partial charge is 0.399 e. The van der Waals surface area contributed by atoms with Gasteiger partial charge < -0.3 is 11.1 Å². The zero-order valence-electron chi connectivity index (χ0n) is 11.3. The zero-order chi connectivity index (χ0) is 14.5. The summed E-state index contributed by atoms with van der Waals surface area (Å²) in [5.74, 6) is -0.0150. The molecule has 1 atom stereocenters. The van der Waals surface area contributed by atoms with E-state index in [-0.39, 0.29) is 11.9 Å². The number of nitrogen functional groups attached to an aromatic ring is 1. The van der Waals surface area contributed by atoms with E-state index in [1.807, 2.05) is 55.5 Å². The number of carbonyl (C=O) groups excluding carboxylic acids is 1. The number of anilines is 1. The van der Waals surface area contributed by atoms with Crippen molar-refractivity contribution in [1.82, 2.24) is 5.32 Å². The Morgan fingerprint density at radius 1 is 1.25 bits per heavy atom. The van der Waals surface area contributed by atoms with Gasteiger partial charge in [-0.2, -0.15) is 0 Å². The Hall–Kier alpha value is -1.81. The molecule has 3 nitrogen and oxygen atoms in total. The van der Waals surface area contributed by atoms with Crippen LogP contribution in [0.15, 0.2) is 53.0 Å². The molecule has 3 N–H and O–H groups in total. The van der Waals surface area contributed by atoms with Crippen LogP contribution in [-0.4, -0.2) is 5.91 Å². The predicted molar refractivity (Wildman–Crippen MR) is 85.3 cm³/mol. The molecule has 2 aromatic carbocycles. The van der Waals surface area contributed by atoms with Gasteiger partial charge in [-0.15, -0.1) is 0 Å². The molecule has 2 aromatic rings. The van der Waals surface area contributed by atoms with E-state index in [9.17, 15) is 4.79 Å². The summed E-state index contributed by atoms with van der Waals surface area (Å²) in [5, 5.41) is 3.00. The molecule has 0 aromatic heterocycles. The fourth-order valence-electron chi connectivity index (χ4n) is 2.09. The van der Waals surface area contributed by atoms with Gasteiger partial charge in [-0.05, 0) is 36.2 Å². The lowest BCUT2D eigenvalue weighted by Gasteiger charge is -2.16. The maximum absolute atomic E-state index is 12.1. The molecule has 0 aliphatic rings. The number of halogens is 1. The van der Waals surface area contributed by atoms with Gasteiger partial charge in [-0.3, -0.25) is 4.79 Å². The molecule has 20 heavy (non-hydrogen) atoms. The van der Waals surface area contributed by atoms with Crippen molar-refractivity contribution in [3.8, 4) is 0 Å². The Bertz CT molecular complexity index is 613. The Kier molecular flexibility index (Phi) is 4.79. The molecule has 104 valence electrons. The van der Waals surface area contributed by atoms with Crippen LogP contribution in [-0.2, 0) is 11.2 Å². The van der Waals surface area contributed by atoms with Crippen LogP contribution in [0.5, 0.6) is 0 Å². The van der Waals surface area contributed by atoms with Crippen LogP contribution in [0.3, 0.4) is 0 Å². The molecule has 0 aliphatic heterocycles. The number of hydrogen-bond acceptors (Lipinski definition) is 2. The molecule has 0 spiro atoms. The van der Waals surface area contributed by atoms with Crippen molar-refractivity contribution in [2.75, 3.05) is 5.73 Å². The molecule has 1 amide bonds. The van der Waals surface area contributed by atoms with Crippen LogP contribution in [0, 0.1) is 0 Å². The second-order valence-electron chi connectivity index (χ2n) is 4.73. The highest BCUT2D eigenvalue weighted by molar-refractivity contribution is 9.10. The first kappa shape index (κ1) is 14.6. The molecule has 0 aliphatic carbocycles. The smallest absolute Gasteiger partial charge is 0.224 e. The lowest BCUT2D eigenvalue weighted by molar-refractivity contribution is -0.121. The van der Waals surface area contributed by atoms with Crippen LogP contribution < -0.4 is 11.1 Å². The lowest BCUT2D eigenvalue weighted by atomic mass is 10.1. The minimum absolute atomic E-state index is 0.0150. The molecular weight excluding hydrogens is 316 g/mol. The van der Waals surface area contributed by atoms with Gasteiger partial charge in [0, 0.05) is 10.2 Å². The second kappa shape index (κ2) is 6.57. The molecule has 0 radical (unpaired) electrons. The van der Waals surface area contributed by atoms with Crippen molar-refractivity contribution in [3.05, 3.63) is 64.1 Å². The molecule has 4 heteroatoms. The monoisotopic (exact) mass is 332 g/mol. The van der Waals surface area contributed by atoms with E-state index in [2.05, 4.69) is 21.2 Å². The minimum atomic E-state index is -0.0425. The molecule has 0 fully saturated rings. The van der Waals surface area contributed by atoms with E-state index >= 15 is 0 Å². The van der Waals surface area contributed by atoms with Crippen LogP contribution in [0.25, 0.3) is 0 Å². The van der Waals surface area contributed by atoms with Crippen molar-refractivity contribution in [2.45, 2.75) is 19.4 Å². The number of nitrogens with two attached hydrogens (primary N) is 1. The van der Waals surface area contributed by atoms with Gasteiger partial charge >= 0.3 is 0 Å². The van der Waals surface area contributed by atoms with Crippen molar-refractivity contribution in [1.29, 1.82) is 0 Å². The minimum Gasteiger partial charge on any atom is -0.399 e. The number of rotatable bonds is 4. The van der Waals surface area contributed by atoms with Crippen molar-refractivity contribution in [2.24, 2.45) is 0 Å². The fraction of sp³-hybridized carbons (Fsp3) is 0.188. The second-order valence-corrected chi connectivity index (χ2v) is 5.59. The Morgan fingerprint density at radius 3 is 2.70 bits per heavy atom. The fourth-order valence-corrected chi connectivity index (χ4v) is 2.71. The van der Waals surface area contributed by atoms with Gasteiger partial charge in [0.2, 0.25) is 5.91 Å². The highest BCUT2D eigenvalue weighted by Crippen LogP contribution is 2.22. The van der Waals surface area contributed by atoms with Crippen LogP contribution >= 0.6 is 15.9 Å². The molecule has 2 rings (SSSR count). The lowest BCUT2D eigenvalue weighted by Crippen LogP contribution is -2.28. The summed E-state index contributed by atoms with van der Waals surface area (Å²) < 4.78 is 0.997. The maximum atomic E-state index is 12.1. The maximum Gasteiger partial charge on any atom is 0.224 e. The number of amides is 1. The zero-order valence-corrected chi connectivity index (χ0v) is 12.9. The molecule has 0 bridgehead atoms. The van der Waals surface area contributed by atoms with E-state index < -0.39 is 0 Å². The van der Waals surface area contributed by atoms with Crippen molar-refractivity contribution < 1.29 is 4.79 Å². The summed E-state index contributed by atoms with van der Waals surface area (Å²) in [6.45, 7) is 1.97. The van der Waals surface area contributed by atoms with Crippen LogP contribution in [0.1, 0.15) is 24.1 Å². The quantitative estimate of drug-likeness (QED) is 0.842. The molecule has 0 saturated heterocycles. The highest BCUT2D eigenvalue weighted by atomic mass is 79.9. The summed E-state index contributed by atoms with van der Waals surface area (Å²) in [7, 11) is 0. The van der Waals surface area contributed by atoms with E-state index in [1.54, 1.807) is 0 Å². The molecule has 0 unspecified atom stereocenters. The summed E-state index contributed by atoms with van der Waals surface area (Å²) >= 11 is 3.50. The number of carbonyl (C=O) groups is 1. The Morgan fingerprint density at radius 2 is 2.00 bits per heavy atom. The van der Waals surface area contributed by atoms with E-state index in [0.29, 0.717) is 12.1 Å². The van der Waals surface area contributed by atoms with Gasteiger partial charge in [-0.25, -0.2) is 0 Å². The van der Waals surface area contributed by atoms with Gasteiger partial charge in [0.05, 0.1) is 12.5 Å². The van der Waals surface area contributed by atoms with Gasteiger partial charge in [0.25, 0.3) is 0 Å². The summed E-state index contributed by atoms with van der Waals surface area (Å²) in [6.07, 6.45) is 0.333. The third kappa shape index (κ3) is 3.84. The average Bonchev–Trinajstić information content (AvgIpc) is 2.38. The van der Waals surface area contributed by atoms with E-state index in [4.69, 9.17) is 5.73 Å². The summed E-state index contributed by atoms with van der Waals surface area (Å²) in [5.41, 5.74) is 8.37. The van der Waals surface area contributed by atoms with Crippen LogP contribution in [0.4, 0.5) is 5.69 Å². The normalized spacial score (nSPS) is 11.9. The van der Waals surface area contributed by atoms with Gasteiger partial charge in [0.1, 0.15) is 0 Å². The molecule has 0 saturated carbocycles. The number of benzene rings is 2. The highest BCUT2D eigenvalue weighted by Gasteiger charge is 2.12. The van der Waals surface area contributed by atoms with Gasteiger partial charge in [-0.1, -0.05) is 46.3 Å². The third-order valence-corrected chi connectivity index (χ3v) is 3.79. The SMILES string of the molecule is C[C@@H](NC(=O)Cc1cccc(N)c1)c1ccccc1Br. The van der Waals surface area contributed by atoms with Gasteiger partial charge in [0.15, 0.2) is 0 Å².